The van der Waals surface area contributed by atoms with Crippen molar-refractivity contribution in [3.05, 3.63) is 28.0 Å². The van der Waals surface area contributed by atoms with Crippen molar-refractivity contribution in [3.63, 3.8) is 0 Å². The van der Waals surface area contributed by atoms with Gasteiger partial charge < -0.3 is 4.74 Å². The van der Waals surface area contributed by atoms with E-state index in [4.69, 9.17) is 23.2 Å². The van der Waals surface area contributed by atoms with Gasteiger partial charge in [0.15, 0.2) is 0 Å². The summed E-state index contributed by atoms with van der Waals surface area (Å²) in [6.07, 6.45) is -4.89. The summed E-state index contributed by atoms with van der Waals surface area (Å²) in [6, 6.07) is 1.28. The molecule has 0 amide bonds. The van der Waals surface area contributed by atoms with Crippen molar-refractivity contribution in [2.75, 3.05) is 0 Å². The van der Waals surface area contributed by atoms with Gasteiger partial charge in [0.25, 0.3) is 0 Å². The summed E-state index contributed by atoms with van der Waals surface area (Å²) in [4.78, 5) is 0. The number of rotatable bonds is 1. The Morgan fingerprint density at radius 1 is 1.14 bits per heavy atom. The van der Waals surface area contributed by atoms with E-state index in [-0.39, 0.29) is 5.02 Å². The van der Waals surface area contributed by atoms with Crippen molar-refractivity contribution in [3.8, 4) is 5.75 Å². The smallest absolute Gasteiger partial charge is 0.406 e. The molecule has 0 saturated heterocycles. The molecule has 0 unspecified atom stereocenters. The van der Waals surface area contributed by atoms with Crippen LogP contribution in [0.15, 0.2) is 12.1 Å². The normalized spacial score (nSPS) is 11.6. The Balaban J connectivity index is 3.02. The molecule has 1 rings (SSSR count). The van der Waals surface area contributed by atoms with E-state index in [0.717, 1.165) is 6.07 Å². The van der Waals surface area contributed by atoms with Crippen molar-refractivity contribution in [2.45, 2.75) is 6.36 Å². The number of benzene rings is 1. The average Bonchev–Trinajstić information content (AvgIpc) is 1.96. The van der Waals surface area contributed by atoms with Crippen LogP contribution in [-0.2, 0) is 0 Å². The van der Waals surface area contributed by atoms with E-state index in [1.54, 1.807) is 0 Å². The first-order valence-electron chi connectivity index (χ1n) is 3.20. The maximum atomic E-state index is 12.8. The highest BCUT2D eigenvalue weighted by atomic mass is 35.5. The van der Waals surface area contributed by atoms with E-state index in [0.29, 0.717) is 6.07 Å². The van der Waals surface area contributed by atoms with Crippen molar-refractivity contribution in [1.82, 2.24) is 0 Å². The van der Waals surface area contributed by atoms with Gasteiger partial charge in [0.2, 0.25) is 0 Å². The Morgan fingerprint density at radius 2 is 1.71 bits per heavy atom. The molecule has 0 heterocycles. The SMILES string of the molecule is Fc1cc(OC(F)(F)F)cc(Cl)c1Cl. The standard InChI is InChI=1S/C7H2Cl2F4O/c8-4-1-3(14-7(11,12)13)2-5(10)6(4)9/h1-2H. The third-order valence-corrected chi connectivity index (χ3v) is 1.97. The van der Waals surface area contributed by atoms with E-state index < -0.39 is 23.0 Å². The first kappa shape index (κ1) is 11.4. The quantitative estimate of drug-likeness (QED) is 0.539. The zero-order chi connectivity index (χ0) is 10.9. The highest BCUT2D eigenvalue weighted by Gasteiger charge is 2.31. The maximum Gasteiger partial charge on any atom is 0.573 e. The Labute approximate surface area is 86.2 Å². The van der Waals surface area contributed by atoms with Gasteiger partial charge >= 0.3 is 6.36 Å². The van der Waals surface area contributed by atoms with Crippen LogP contribution in [0.1, 0.15) is 0 Å². The van der Waals surface area contributed by atoms with E-state index in [9.17, 15) is 17.6 Å². The van der Waals surface area contributed by atoms with Gasteiger partial charge in [-0.3, -0.25) is 0 Å². The van der Waals surface area contributed by atoms with E-state index in [1.807, 2.05) is 0 Å². The lowest BCUT2D eigenvalue weighted by Gasteiger charge is -2.09. The van der Waals surface area contributed by atoms with Crippen molar-refractivity contribution in [1.29, 1.82) is 0 Å². The monoisotopic (exact) mass is 248 g/mol. The predicted molar refractivity (Wildman–Crippen MR) is 43.1 cm³/mol. The fourth-order valence-electron chi connectivity index (χ4n) is 0.725. The molecule has 0 spiro atoms. The maximum absolute atomic E-state index is 12.8. The summed E-state index contributed by atoms with van der Waals surface area (Å²) >= 11 is 10.6. The van der Waals surface area contributed by atoms with Crippen LogP contribution < -0.4 is 4.74 Å². The number of halogens is 6. The summed E-state index contributed by atoms with van der Waals surface area (Å²) in [6.45, 7) is 0. The second kappa shape index (κ2) is 3.82. The highest BCUT2D eigenvalue weighted by Crippen LogP contribution is 2.32. The van der Waals surface area contributed by atoms with Crippen molar-refractivity contribution >= 4 is 23.2 Å². The molecule has 0 bridgehead atoms. The fraction of sp³-hybridized carbons (Fsp3) is 0.143. The fourth-order valence-corrected chi connectivity index (χ4v) is 1.03. The molecule has 0 saturated carbocycles. The van der Waals surface area contributed by atoms with Crippen LogP contribution in [0.3, 0.4) is 0 Å². The van der Waals surface area contributed by atoms with Crippen LogP contribution in [0.2, 0.25) is 10.0 Å². The summed E-state index contributed by atoms with van der Waals surface area (Å²) in [7, 11) is 0. The van der Waals surface area contributed by atoms with Crippen LogP contribution >= 0.6 is 23.2 Å². The first-order chi connectivity index (χ1) is 6.29. The van der Waals surface area contributed by atoms with Gasteiger partial charge in [-0.05, 0) is 0 Å². The number of ether oxygens (including phenoxy) is 1. The molecular formula is C7H2Cl2F4O. The molecule has 0 aliphatic heterocycles. The minimum absolute atomic E-state index is 0.342. The Hall–Kier alpha value is -0.680. The van der Waals surface area contributed by atoms with Gasteiger partial charge in [-0.15, -0.1) is 13.2 Å². The van der Waals surface area contributed by atoms with Gasteiger partial charge in [-0.25, -0.2) is 4.39 Å². The van der Waals surface area contributed by atoms with Crippen LogP contribution in [0, 0.1) is 5.82 Å². The van der Waals surface area contributed by atoms with Gasteiger partial charge in [0.05, 0.1) is 10.0 Å². The first-order valence-corrected chi connectivity index (χ1v) is 3.95. The minimum Gasteiger partial charge on any atom is -0.406 e. The molecular weight excluding hydrogens is 247 g/mol. The van der Waals surface area contributed by atoms with Gasteiger partial charge in [-0.1, -0.05) is 23.2 Å². The number of alkyl halides is 3. The zero-order valence-corrected chi connectivity index (χ0v) is 7.84. The second-order valence-corrected chi connectivity index (χ2v) is 3.03. The molecule has 1 aromatic rings. The van der Waals surface area contributed by atoms with Crippen LogP contribution in [0.25, 0.3) is 0 Å². The lowest BCUT2D eigenvalue weighted by Crippen LogP contribution is -2.17. The summed E-state index contributed by atoms with van der Waals surface area (Å²) in [5.41, 5.74) is 0. The molecule has 1 aromatic carbocycles. The van der Waals surface area contributed by atoms with Crippen LogP contribution in [0.5, 0.6) is 5.75 Å². The van der Waals surface area contributed by atoms with Gasteiger partial charge in [-0.2, -0.15) is 0 Å². The molecule has 0 fully saturated rings. The summed E-state index contributed by atoms with van der Waals surface area (Å²) in [5.74, 6) is -1.82. The lowest BCUT2D eigenvalue weighted by molar-refractivity contribution is -0.274. The molecule has 7 heteroatoms. The molecule has 0 aromatic heterocycles. The van der Waals surface area contributed by atoms with Crippen molar-refractivity contribution in [2.24, 2.45) is 0 Å². The molecule has 78 valence electrons. The van der Waals surface area contributed by atoms with Crippen molar-refractivity contribution < 1.29 is 22.3 Å². The molecule has 0 aliphatic carbocycles. The third-order valence-electron chi connectivity index (χ3n) is 1.19. The molecule has 0 atom stereocenters. The van der Waals surface area contributed by atoms with Gasteiger partial charge in [0.1, 0.15) is 11.6 Å². The Morgan fingerprint density at radius 3 is 2.14 bits per heavy atom. The molecule has 14 heavy (non-hydrogen) atoms. The zero-order valence-electron chi connectivity index (χ0n) is 6.33. The molecule has 0 radical (unpaired) electrons. The largest absolute Gasteiger partial charge is 0.573 e. The number of hydrogen-bond donors (Lipinski definition) is 0. The van der Waals surface area contributed by atoms with Crippen LogP contribution in [0.4, 0.5) is 17.6 Å². The molecule has 0 aliphatic rings. The predicted octanol–water partition coefficient (Wildman–Crippen LogP) is 4.03. The molecule has 1 nitrogen and oxygen atoms in total. The van der Waals surface area contributed by atoms with E-state index in [1.165, 1.54) is 0 Å². The number of hydrogen-bond acceptors (Lipinski definition) is 1. The summed E-state index contributed by atoms with van der Waals surface area (Å²) in [5, 5.41) is -0.785. The average molecular weight is 249 g/mol. The van der Waals surface area contributed by atoms with E-state index in [2.05, 4.69) is 4.74 Å². The summed E-state index contributed by atoms with van der Waals surface area (Å²) < 4.78 is 51.2. The topological polar surface area (TPSA) is 9.23 Å². The third kappa shape index (κ3) is 2.92. The Kier molecular flexibility index (Phi) is 3.11. The minimum atomic E-state index is -4.89. The van der Waals surface area contributed by atoms with E-state index >= 15 is 0 Å². The highest BCUT2D eigenvalue weighted by molar-refractivity contribution is 6.42. The Bertz CT molecular complexity index is 327. The van der Waals surface area contributed by atoms with Crippen LogP contribution in [-0.4, -0.2) is 6.36 Å². The molecule has 0 N–H and O–H groups in total. The lowest BCUT2D eigenvalue weighted by atomic mass is 10.3. The second-order valence-electron chi connectivity index (χ2n) is 2.25. The van der Waals surface area contributed by atoms with Gasteiger partial charge in [0, 0.05) is 12.1 Å².